The quantitative estimate of drug-likeness (QED) is 0.875. The Labute approximate surface area is 142 Å². The second-order valence-electron chi connectivity index (χ2n) is 6.44. The van der Waals surface area contributed by atoms with Crippen molar-refractivity contribution in [2.75, 3.05) is 26.7 Å². The molecule has 0 aromatic heterocycles. The number of hydrogen-bond donors (Lipinski definition) is 1. The predicted molar refractivity (Wildman–Crippen MR) is 90.6 cm³/mol. The van der Waals surface area contributed by atoms with Gasteiger partial charge in [0.25, 0.3) is 0 Å². The second-order valence-corrected chi connectivity index (χ2v) is 6.44. The van der Waals surface area contributed by atoms with Crippen molar-refractivity contribution in [2.24, 2.45) is 0 Å². The van der Waals surface area contributed by atoms with Crippen LogP contribution < -0.4 is 10.1 Å². The number of carbonyl (C=O) groups excluding carboxylic acids is 2. The summed E-state index contributed by atoms with van der Waals surface area (Å²) in [6, 6.07) is 7.18. The van der Waals surface area contributed by atoms with Gasteiger partial charge in [-0.15, -0.1) is 0 Å². The van der Waals surface area contributed by atoms with Crippen LogP contribution in [0, 0.1) is 0 Å². The third-order valence-electron chi connectivity index (χ3n) is 4.83. The molecule has 2 heterocycles. The topological polar surface area (TPSA) is 61.9 Å². The van der Waals surface area contributed by atoms with Crippen LogP contribution in [0.2, 0.25) is 0 Å². The van der Waals surface area contributed by atoms with Gasteiger partial charge in [-0.25, -0.2) is 0 Å². The number of piperazine rings is 2. The molecule has 2 aliphatic heterocycles. The van der Waals surface area contributed by atoms with Gasteiger partial charge in [-0.1, -0.05) is 31.5 Å². The molecule has 2 saturated heterocycles. The Balaban J connectivity index is 1.68. The highest BCUT2D eigenvalue weighted by atomic mass is 16.5. The molecule has 2 aliphatic rings. The van der Waals surface area contributed by atoms with Crippen LogP contribution >= 0.6 is 0 Å². The van der Waals surface area contributed by atoms with E-state index in [0.29, 0.717) is 26.1 Å². The Hall–Kier alpha value is -2.08. The Kier molecular flexibility index (Phi) is 5.04. The minimum Gasteiger partial charge on any atom is -0.496 e. The van der Waals surface area contributed by atoms with Crippen molar-refractivity contribution >= 4 is 11.8 Å². The molecule has 0 unspecified atom stereocenters. The number of hydrogen-bond acceptors (Lipinski definition) is 4. The molecule has 2 atom stereocenters. The van der Waals surface area contributed by atoms with Crippen molar-refractivity contribution in [3.05, 3.63) is 29.8 Å². The van der Waals surface area contributed by atoms with Gasteiger partial charge >= 0.3 is 0 Å². The summed E-state index contributed by atoms with van der Waals surface area (Å²) in [4.78, 5) is 28.9. The zero-order valence-electron chi connectivity index (χ0n) is 14.3. The smallest absolute Gasteiger partial charge is 0.245 e. The summed E-state index contributed by atoms with van der Waals surface area (Å²) in [5.41, 5.74) is 1.10. The number of ether oxygens (including phenoxy) is 1. The van der Waals surface area contributed by atoms with Crippen LogP contribution in [0.1, 0.15) is 25.3 Å². The number of benzene rings is 1. The monoisotopic (exact) mass is 331 g/mol. The summed E-state index contributed by atoms with van der Waals surface area (Å²) in [5.74, 6) is 0.892. The lowest BCUT2D eigenvalue weighted by Gasteiger charge is -2.45. The van der Waals surface area contributed by atoms with E-state index < -0.39 is 0 Å². The lowest BCUT2D eigenvalue weighted by atomic mass is 10.0. The van der Waals surface area contributed by atoms with E-state index in [-0.39, 0.29) is 23.9 Å². The molecule has 0 saturated carbocycles. The molecule has 0 aliphatic carbocycles. The van der Waals surface area contributed by atoms with Crippen LogP contribution in [-0.2, 0) is 16.1 Å². The number of methoxy groups -OCH3 is 1. The van der Waals surface area contributed by atoms with Crippen LogP contribution in [0.15, 0.2) is 24.3 Å². The minimum absolute atomic E-state index is 0.0298. The Bertz CT molecular complexity index is 619. The van der Waals surface area contributed by atoms with Crippen LogP contribution in [0.25, 0.3) is 0 Å². The van der Waals surface area contributed by atoms with Gasteiger partial charge in [0, 0.05) is 31.7 Å². The number of para-hydroxylation sites is 1. The average Bonchev–Trinajstić information content (AvgIpc) is 2.60. The van der Waals surface area contributed by atoms with Gasteiger partial charge in [0.2, 0.25) is 11.8 Å². The van der Waals surface area contributed by atoms with E-state index in [2.05, 4.69) is 10.2 Å². The lowest BCUT2D eigenvalue weighted by molar-refractivity contribution is -0.153. The summed E-state index contributed by atoms with van der Waals surface area (Å²) in [6.07, 6.45) is 1.59. The predicted octanol–water partition coefficient (Wildman–Crippen LogP) is 1.01. The Morgan fingerprint density at radius 2 is 2.04 bits per heavy atom. The maximum atomic E-state index is 12.5. The lowest BCUT2D eigenvalue weighted by Crippen LogP contribution is -2.69. The fourth-order valence-electron chi connectivity index (χ4n) is 3.56. The molecular formula is C18H25N3O3. The van der Waals surface area contributed by atoms with Gasteiger partial charge in [-0.05, 0) is 12.5 Å². The number of carbonyl (C=O) groups is 2. The summed E-state index contributed by atoms with van der Waals surface area (Å²) in [6.45, 7) is 4.68. The molecule has 1 N–H and O–H groups in total. The molecule has 6 nitrogen and oxygen atoms in total. The van der Waals surface area contributed by atoms with Gasteiger partial charge in [0.05, 0.1) is 7.11 Å². The molecule has 0 radical (unpaired) electrons. The number of fused-ring (bicyclic) bond motifs is 1. The average molecular weight is 331 g/mol. The van der Waals surface area contributed by atoms with Gasteiger partial charge < -0.3 is 15.0 Å². The zero-order valence-corrected chi connectivity index (χ0v) is 14.3. The van der Waals surface area contributed by atoms with E-state index >= 15 is 0 Å². The molecule has 2 fully saturated rings. The number of rotatable bonds is 5. The maximum absolute atomic E-state index is 12.5. The van der Waals surface area contributed by atoms with E-state index in [0.717, 1.165) is 24.3 Å². The molecule has 0 bridgehead atoms. The standard InChI is InChI=1S/C18H25N3O3/c1-3-6-14-18(23)21-10-9-20(12-15(21)17(22)19-14)11-13-7-4-5-8-16(13)24-2/h4-5,7-8,14-15H,3,6,9-12H2,1-2H3,(H,19,22)/t14-,15+/m0/s1. The van der Waals surface area contributed by atoms with Crippen LogP contribution in [0.4, 0.5) is 0 Å². The number of nitrogens with one attached hydrogen (secondary N) is 1. The van der Waals surface area contributed by atoms with Crippen molar-refractivity contribution in [1.82, 2.24) is 15.1 Å². The SMILES string of the molecule is CCC[C@@H]1NC(=O)[C@H]2CN(Cc3ccccc3OC)CCN2C1=O. The van der Waals surface area contributed by atoms with Crippen LogP contribution in [0.3, 0.4) is 0 Å². The third-order valence-corrected chi connectivity index (χ3v) is 4.83. The minimum atomic E-state index is -0.380. The first-order chi connectivity index (χ1) is 11.6. The molecule has 0 spiro atoms. The Morgan fingerprint density at radius 3 is 2.79 bits per heavy atom. The zero-order chi connectivity index (χ0) is 17.1. The highest BCUT2D eigenvalue weighted by Gasteiger charge is 2.42. The third kappa shape index (κ3) is 3.24. The molecule has 1 aromatic carbocycles. The van der Waals surface area contributed by atoms with Crippen molar-refractivity contribution in [3.8, 4) is 5.75 Å². The molecule has 130 valence electrons. The van der Waals surface area contributed by atoms with Gasteiger partial charge in [-0.3, -0.25) is 14.5 Å². The van der Waals surface area contributed by atoms with Crippen LogP contribution in [-0.4, -0.2) is 60.4 Å². The number of nitrogens with zero attached hydrogens (tertiary/aromatic N) is 2. The highest BCUT2D eigenvalue weighted by molar-refractivity contribution is 5.97. The Morgan fingerprint density at radius 1 is 1.25 bits per heavy atom. The second kappa shape index (κ2) is 7.21. The first-order valence-corrected chi connectivity index (χ1v) is 8.59. The summed E-state index contributed by atoms with van der Waals surface area (Å²) in [5, 5.41) is 2.89. The van der Waals surface area contributed by atoms with Crippen molar-refractivity contribution < 1.29 is 14.3 Å². The van der Waals surface area contributed by atoms with Crippen LogP contribution in [0.5, 0.6) is 5.75 Å². The molecule has 6 heteroatoms. The van der Waals surface area contributed by atoms with E-state index in [4.69, 9.17) is 4.74 Å². The van der Waals surface area contributed by atoms with Gasteiger partial charge in [0.15, 0.2) is 0 Å². The van der Waals surface area contributed by atoms with E-state index in [1.54, 1.807) is 12.0 Å². The molecule has 2 amide bonds. The van der Waals surface area contributed by atoms with Gasteiger partial charge in [0.1, 0.15) is 17.8 Å². The fraction of sp³-hybridized carbons (Fsp3) is 0.556. The molecule has 3 rings (SSSR count). The number of amides is 2. The summed E-state index contributed by atoms with van der Waals surface area (Å²) >= 11 is 0. The molecule has 1 aromatic rings. The van der Waals surface area contributed by atoms with Gasteiger partial charge in [-0.2, -0.15) is 0 Å². The first kappa shape index (κ1) is 16.8. The highest BCUT2D eigenvalue weighted by Crippen LogP contribution is 2.23. The largest absolute Gasteiger partial charge is 0.496 e. The first-order valence-electron chi connectivity index (χ1n) is 8.59. The normalized spacial score (nSPS) is 24.5. The van der Waals surface area contributed by atoms with Crippen molar-refractivity contribution in [1.29, 1.82) is 0 Å². The van der Waals surface area contributed by atoms with E-state index in [1.165, 1.54) is 0 Å². The van der Waals surface area contributed by atoms with E-state index in [1.807, 2.05) is 31.2 Å². The molecule has 24 heavy (non-hydrogen) atoms. The van der Waals surface area contributed by atoms with Crippen molar-refractivity contribution in [3.63, 3.8) is 0 Å². The maximum Gasteiger partial charge on any atom is 0.245 e. The summed E-state index contributed by atoms with van der Waals surface area (Å²) in [7, 11) is 1.66. The van der Waals surface area contributed by atoms with E-state index in [9.17, 15) is 9.59 Å². The van der Waals surface area contributed by atoms with Crippen molar-refractivity contribution in [2.45, 2.75) is 38.4 Å². The summed E-state index contributed by atoms with van der Waals surface area (Å²) < 4.78 is 5.40. The fourth-order valence-corrected chi connectivity index (χ4v) is 3.56. The molecular weight excluding hydrogens is 306 g/mol.